The molecule has 0 spiro atoms. The Morgan fingerprint density at radius 2 is 2.21 bits per heavy atom. The van der Waals surface area contributed by atoms with Gasteiger partial charge in [-0.1, -0.05) is 15.9 Å². The van der Waals surface area contributed by atoms with Gasteiger partial charge in [0.15, 0.2) is 0 Å². The number of pyridine rings is 1. The fourth-order valence-electron chi connectivity index (χ4n) is 2.10. The number of halogens is 1. The Morgan fingerprint density at radius 3 is 2.95 bits per heavy atom. The molecule has 0 aliphatic rings. The van der Waals surface area contributed by atoms with E-state index in [0.717, 1.165) is 21.1 Å². The summed E-state index contributed by atoms with van der Waals surface area (Å²) in [4.78, 5) is 6.37. The Kier molecular flexibility index (Phi) is 4.74. The lowest BCUT2D eigenvalue weighted by molar-refractivity contribution is 0.0695. The smallest absolute Gasteiger partial charge is 0.0947 e. The summed E-state index contributed by atoms with van der Waals surface area (Å²) in [5.74, 6) is 0. The highest BCUT2D eigenvalue weighted by Crippen LogP contribution is 2.26. The number of aliphatic hydroxyl groups is 1. The van der Waals surface area contributed by atoms with E-state index in [0.29, 0.717) is 13.2 Å². The number of fused-ring (bicyclic) bond motifs is 1. The highest BCUT2D eigenvalue weighted by atomic mass is 79.9. The molecule has 2 aromatic rings. The molecule has 5 heteroatoms. The molecule has 1 N–H and O–H groups in total. The van der Waals surface area contributed by atoms with Gasteiger partial charge in [0.05, 0.1) is 18.2 Å². The van der Waals surface area contributed by atoms with Gasteiger partial charge >= 0.3 is 0 Å². The number of anilines is 1. The Balaban J connectivity index is 2.29. The maximum atomic E-state index is 9.81. The molecule has 1 aromatic carbocycles. The predicted octanol–water partition coefficient (Wildman–Crippen LogP) is 2.44. The lowest BCUT2D eigenvalue weighted by Crippen LogP contribution is -2.31. The lowest BCUT2D eigenvalue weighted by atomic mass is 10.1. The van der Waals surface area contributed by atoms with Crippen molar-refractivity contribution >= 4 is 32.5 Å². The van der Waals surface area contributed by atoms with Crippen molar-refractivity contribution < 1.29 is 9.84 Å². The van der Waals surface area contributed by atoms with Crippen molar-refractivity contribution in [2.24, 2.45) is 0 Å². The van der Waals surface area contributed by atoms with Crippen LogP contribution in [0.3, 0.4) is 0 Å². The highest BCUT2D eigenvalue weighted by Gasteiger charge is 2.11. The van der Waals surface area contributed by atoms with Gasteiger partial charge in [0.2, 0.25) is 0 Å². The molecule has 0 bridgehead atoms. The van der Waals surface area contributed by atoms with E-state index in [4.69, 9.17) is 4.74 Å². The van der Waals surface area contributed by atoms with Crippen molar-refractivity contribution in [2.45, 2.75) is 6.10 Å². The molecule has 0 aliphatic heterocycles. The number of ether oxygens (including phenoxy) is 1. The summed E-state index contributed by atoms with van der Waals surface area (Å²) in [6.07, 6.45) is 1.28. The van der Waals surface area contributed by atoms with Crippen molar-refractivity contribution in [3.8, 4) is 0 Å². The normalized spacial score (nSPS) is 12.6. The average molecular weight is 325 g/mol. The molecular formula is C14H17BrN2O2. The molecule has 0 radical (unpaired) electrons. The monoisotopic (exact) mass is 324 g/mol. The van der Waals surface area contributed by atoms with Gasteiger partial charge < -0.3 is 14.7 Å². The van der Waals surface area contributed by atoms with Crippen molar-refractivity contribution in [3.63, 3.8) is 0 Å². The summed E-state index contributed by atoms with van der Waals surface area (Å²) in [6.45, 7) is 0.849. The van der Waals surface area contributed by atoms with E-state index < -0.39 is 6.10 Å². The molecule has 4 nitrogen and oxygen atoms in total. The zero-order valence-corrected chi connectivity index (χ0v) is 12.6. The number of hydrogen-bond donors (Lipinski definition) is 1. The fraction of sp³-hybridized carbons (Fsp3) is 0.357. The fourth-order valence-corrected chi connectivity index (χ4v) is 2.45. The van der Waals surface area contributed by atoms with Gasteiger partial charge in [-0.05, 0) is 24.3 Å². The summed E-state index contributed by atoms with van der Waals surface area (Å²) in [5.41, 5.74) is 1.98. The molecule has 1 aromatic heterocycles. The van der Waals surface area contributed by atoms with Crippen LogP contribution in [0.25, 0.3) is 10.9 Å². The quantitative estimate of drug-likeness (QED) is 0.917. The van der Waals surface area contributed by atoms with Crippen LogP contribution in [-0.2, 0) is 4.74 Å². The first kappa shape index (κ1) is 14.2. The maximum absolute atomic E-state index is 9.81. The van der Waals surface area contributed by atoms with Crippen LogP contribution < -0.4 is 4.90 Å². The highest BCUT2D eigenvalue weighted by molar-refractivity contribution is 9.10. The van der Waals surface area contributed by atoms with E-state index in [1.165, 1.54) is 0 Å². The first-order chi connectivity index (χ1) is 9.11. The minimum atomic E-state index is -0.506. The third kappa shape index (κ3) is 3.43. The summed E-state index contributed by atoms with van der Waals surface area (Å²) in [6, 6.07) is 7.96. The number of aliphatic hydroxyl groups excluding tert-OH is 1. The van der Waals surface area contributed by atoms with Crippen LogP contribution in [0, 0.1) is 0 Å². The minimum Gasteiger partial charge on any atom is -0.389 e. The number of nitrogens with zero attached hydrogens (tertiary/aromatic N) is 2. The average Bonchev–Trinajstić information content (AvgIpc) is 2.37. The molecular weight excluding hydrogens is 308 g/mol. The molecule has 102 valence electrons. The molecule has 0 amide bonds. The summed E-state index contributed by atoms with van der Waals surface area (Å²) < 4.78 is 5.95. The van der Waals surface area contributed by atoms with E-state index in [1.807, 2.05) is 36.2 Å². The molecule has 19 heavy (non-hydrogen) atoms. The topological polar surface area (TPSA) is 45.6 Å². The van der Waals surface area contributed by atoms with Crippen molar-refractivity contribution in [3.05, 3.63) is 34.9 Å². The lowest BCUT2D eigenvalue weighted by Gasteiger charge is -2.23. The standard InChI is InChI=1S/C14H17BrN2O2/c1-17(8-11(18)9-19-2)14-5-6-16-13-7-10(15)3-4-12(13)14/h3-7,11,18H,8-9H2,1-2H3/t11-/m0/s1. The molecule has 1 atom stereocenters. The van der Waals surface area contributed by atoms with Crippen molar-refractivity contribution in [1.29, 1.82) is 0 Å². The number of benzene rings is 1. The van der Waals surface area contributed by atoms with Crippen LogP contribution >= 0.6 is 15.9 Å². The first-order valence-corrected chi connectivity index (χ1v) is 6.83. The van der Waals surface area contributed by atoms with Crippen molar-refractivity contribution in [2.75, 3.05) is 32.2 Å². The van der Waals surface area contributed by atoms with E-state index in [9.17, 15) is 5.11 Å². The van der Waals surface area contributed by atoms with Crippen LogP contribution in [0.5, 0.6) is 0 Å². The van der Waals surface area contributed by atoms with Crippen LogP contribution in [-0.4, -0.2) is 43.5 Å². The van der Waals surface area contributed by atoms with Crippen LogP contribution in [0.15, 0.2) is 34.9 Å². The molecule has 0 aliphatic carbocycles. The molecule has 0 unspecified atom stereocenters. The number of methoxy groups -OCH3 is 1. The molecule has 0 saturated heterocycles. The second-order valence-corrected chi connectivity index (χ2v) is 5.40. The Hall–Kier alpha value is -1.17. The van der Waals surface area contributed by atoms with Crippen LogP contribution in [0.2, 0.25) is 0 Å². The Labute approximate surface area is 121 Å². The molecule has 2 rings (SSSR count). The van der Waals surface area contributed by atoms with Gasteiger partial charge in [-0.15, -0.1) is 0 Å². The van der Waals surface area contributed by atoms with Gasteiger partial charge in [-0.25, -0.2) is 0 Å². The van der Waals surface area contributed by atoms with Gasteiger partial charge in [0.25, 0.3) is 0 Å². The van der Waals surface area contributed by atoms with Crippen LogP contribution in [0.1, 0.15) is 0 Å². The second-order valence-electron chi connectivity index (χ2n) is 4.48. The van der Waals surface area contributed by atoms with E-state index in [-0.39, 0.29) is 0 Å². The van der Waals surface area contributed by atoms with Crippen LogP contribution in [0.4, 0.5) is 5.69 Å². The number of likely N-dealkylation sites (N-methyl/N-ethyl adjacent to an activating group) is 1. The van der Waals surface area contributed by atoms with Gasteiger partial charge in [0.1, 0.15) is 0 Å². The minimum absolute atomic E-state index is 0.332. The third-order valence-electron chi connectivity index (χ3n) is 2.94. The van der Waals surface area contributed by atoms with Gasteiger partial charge in [-0.2, -0.15) is 0 Å². The number of aromatic nitrogens is 1. The largest absolute Gasteiger partial charge is 0.389 e. The summed E-state index contributed by atoms with van der Waals surface area (Å²) in [7, 11) is 3.54. The van der Waals surface area contributed by atoms with E-state index in [1.54, 1.807) is 13.3 Å². The number of hydrogen-bond acceptors (Lipinski definition) is 4. The number of rotatable bonds is 5. The molecule has 0 saturated carbocycles. The van der Waals surface area contributed by atoms with E-state index >= 15 is 0 Å². The zero-order chi connectivity index (χ0) is 13.8. The Morgan fingerprint density at radius 1 is 1.42 bits per heavy atom. The van der Waals surface area contributed by atoms with Gasteiger partial charge in [-0.3, -0.25) is 4.98 Å². The Bertz CT molecular complexity index is 562. The molecule has 0 fully saturated rings. The predicted molar refractivity (Wildman–Crippen MR) is 80.6 cm³/mol. The maximum Gasteiger partial charge on any atom is 0.0947 e. The van der Waals surface area contributed by atoms with E-state index in [2.05, 4.69) is 20.9 Å². The summed E-state index contributed by atoms with van der Waals surface area (Å²) >= 11 is 3.44. The zero-order valence-electron chi connectivity index (χ0n) is 11.0. The second kappa shape index (κ2) is 6.32. The SMILES string of the molecule is COC[C@@H](O)CN(C)c1ccnc2cc(Br)ccc12. The first-order valence-electron chi connectivity index (χ1n) is 6.04. The van der Waals surface area contributed by atoms with Crippen molar-refractivity contribution in [1.82, 2.24) is 4.98 Å². The molecule has 1 heterocycles. The third-order valence-corrected chi connectivity index (χ3v) is 3.43. The van der Waals surface area contributed by atoms with Gasteiger partial charge in [0, 0.05) is 42.4 Å². The summed E-state index contributed by atoms with van der Waals surface area (Å²) in [5, 5.41) is 10.9.